The molecule has 2 aliphatic rings. The lowest BCUT2D eigenvalue weighted by Gasteiger charge is -2.30. The molecule has 8 heteroatoms. The van der Waals surface area contributed by atoms with Gasteiger partial charge in [-0.2, -0.15) is 4.98 Å². The molecule has 33 heavy (non-hydrogen) atoms. The molecule has 2 heterocycles. The molecular formula is C25H25FN4O3. The van der Waals surface area contributed by atoms with Crippen LogP contribution in [0.4, 0.5) is 21.0 Å². The Morgan fingerprint density at radius 2 is 1.79 bits per heavy atom. The molecule has 2 fully saturated rings. The second-order valence-corrected chi connectivity index (χ2v) is 8.54. The molecule has 1 aromatic heterocycles. The van der Waals surface area contributed by atoms with Crippen molar-refractivity contribution in [2.45, 2.75) is 44.2 Å². The zero-order valence-corrected chi connectivity index (χ0v) is 18.3. The molecule has 170 valence electrons. The number of benzene rings is 2. The van der Waals surface area contributed by atoms with Gasteiger partial charge in [0, 0.05) is 0 Å². The van der Waals surface area contributed by atoms with Gasteiger partial charge < -0.3 is 14.8 Å². The number of cyclic esters (lactones) is 1. The first-order valence-corrected chi connectivity index (χ1v) is 11.1. The third kappa shape index (κ3) is 4.20. The van der Waals surface area contributed by atoms with Gasteiger partial charge in [-0.1, -0.05) is 43.2 Å². The summed E-state index contributed by atoms with van der Waals surface area (Å²) in [4.78, 5) is 22.3. The van der Waals surface area contributed by atoms with E-state index >= 15 is 0 Å². The van der Waals surface area contributed by atoms with E-state index < -0.39 is 17.4 Å². The molecule has 1 unspecified atom stereocenters. The maximum absolute atomic E-state index is 14.7. The van der Waals surface area contributed by atoms with Crippen LogP contribution in [0.5, 0.6) is 11.5 Å². The van der Waals surface area contributed by atoms with E-state index in [0.29, 0.717) is 0 Å². The van der Waals surface area contributed by atoms with Crippen molar-refractivity contribution < 1.29 is 18.7 Å². The number of nitrogens with zero attached hydrogens (tertiary/aromatic N) is 3. The standard InChI is InChI=1S/C25H25FN4O3/c1-17(18-9-11-20(12-10-18)33-19-7-3-2-4-8-19)28-23-27-15-21(26)22(29-23)30-24(31)32-16-25(30)13-5-6-14-25/h2-4,7-12,15,17H,5-6,13-14,16H2,1H3,(H,27,28,29). The van der Waals surface area contributed by atoms with Crippen molar-refractivity contribution in [3.63, 3.8) is 0 Å². The average molecular weight is 448 g/mol. The van der Waals surface area contributed by atoms with Gasteiger partial charge in [-0.15, -0.1) is 0 Å². The Bertz CT molecular complexity index is 1130. The molecule has 0 bridgehead atoms. The molecule has 7 nitrogen and oxygen atoms in total. The molecule has 5 rings (SSSR count). The van der Waals surface area contributed by atoms with E-state index in [4.69, 9.17) is 9.47 Å². The summed E-state index contributed by atoms with van der Waals surface area (Å²) in [6, 6.07) is 17.1. The van der Waals surface area contributed by atoms with Gasteiger partial charge in [0.05, 0.1) is 17.8 Å². The number of carbonyl (C=O) groups excluding carboxylic acids is 1. The largest absolute Gasteiger partial charge is 0.457 e. The minimum absolute atomic E-state index is 0.0318. The van der Waals surface area contributed by atoms with Crippen molar-refractivity contribution in [1.29, 1.82) is 0 Å². The number of carbonyl (C=O) groups is 1. The minimum Gasteiger partial charge on any atom is -0.457 e. The molecule has 1 amide bonds. The van der Waals surface area contributed by atoms with E-state index in [1.165, 1.54) is 4.90 Å². The Kier molecular flexibility index (Phi) is 5.58. The molecule has 1 spiro atoms. The number of amides is 1. The van der Waals surface area contributed by atoms with Crippen molar-refractivity contribution in [2.75, 3.05) is 16.8 Å². The molecule has 1 aliphatic carbocycles. The molecular weight excluding hydrogens is 423 g/mol. The van der Waals surface area contributed by atoms with Gasteiger partial charge in [0.25, 0.3) is 0 Å². The first-order valence-electron chi connectivity index (χ1n) is 11.1. The molecule has 3 aromatic rings. The van der Waals surface area contributed by atoms with Crippen molar-refractivity contribution in [3.05, 3.63) is 72.2 Å². The number of nitrogens with one attached hydrogen (secondary N) is 1. The fourth-order valence-corrected chi connectivity index (χ4v) is 4.54. The lowest BCUT2D eigenvalue weighted by Crippen LogP contribution is -2.46. The molecule has 1 atom stereocenters. The third-order valence-corrected chi connectivity index (χ3v) is 6.30. The predicted molar refractivity (Wildman–Crippen MR) is 122 cm³/mol. The zero-order chi connectivity index (χ0) is 22.8. The number of hydrogen-bond acceptors (Lipinski definition) is 6. The summed E-state index contributed by atoms with van der Waals surface area (Å²) in [6.45, 7) is 2.23. The van der Waals surface area contributed by atoms with Crippen LogP contribution in [0.1, 0.15) is 44.2 Å². The smallest absolute Gasteiger partial charge is 0.416 e. The summed E-state index contributed by atoms with van der Waals surface area (Å²) >= 11 is 0. The number of aromatic nitrogens is 2. The Balaban J connectivity index is 1.32. The topological polar surface area (TPSA) is 76.6 Å². The van der Waals surface area contributed by atoms with Crippen LogP contribution in [0.15, 0.2) is 60.8 Å². The maximum Gasteiger partial charge on any atom is 0.416 e. The minimum atomic E-state index is -0.638. The van der Waals surface area contributed by atoms with Crippen LogP contribution in [-0.4, -0.2) is 28.2 Å². The molecule has 0 radical (unpaired) electrons. The van der Waals surface area contributed by atoms with Gasteiger partial charge in [-0.25, -0.2) is 19.1 Å². The van der Waals surface area contributed by atoms with Gasteiger partial charge in [0.15, 0.2) is 11.6 Å². The van der Waals surface area contributed by atoms with Crippen molar-refractivity contribution in [2.24, 2.45) is 0 Å². The van der Waals surface area contributed by atoms with Gasteiger partial charge in [0.2, 0.25) is 5.95 Å². The summed E-state index contributed by atoms with van der Waals surface area (Å²) in [5.41, 5.74) is 0.474. The molecule has 2 aromatic carbocycles. The second-order valence-electron chi connectivity index (χ2n) is 8.54. The van der Waals surface area contributed by atoms with Gasteiger partial charge in [-0.05, 0) is 49.6 Å². The highest BCUT2D eigenvalue weighted by Gasteiger charge is 2.51. The van der Waals surface area contributed by atoms with E-state index in [1.807, 2.05) is 61.5 Å². The average Bonchev–Trinajstić information content (AvgIpc) is 3.43. The van der Waals surface area contributed by atoms with Crippen LogP contribution in [0.3, 0.4) is 0 Å². The molecule has 1 saturated carbocycles. The summed E-state index contributed by atoms with van der Waals surface area (Å²) in [5, 5.41) is 3.20. The Hall–Kier alpha value is -3.68. The lowest BCUT2D eigenvalue weighted by atomic mass is 9.98. The predicted octanol–water partition coefficient (Wildman–Crippen LogP) is 5.85. The number of hydrogen-bond donors (Lipinski definition) is 1. The number of rotatable bonds is 6. The first kappa shape index (κ1) is 21.2. The van der Waals surface area contributed by atoms with Crippen molar-refractivity contribution in [3.8, 4) is 11.5 Å². The van der Waals surface area contributed by atoms with E-state index in [9.17, 15) is 9.18 Å². The highest BCUT2D eigenvalue weighted by molar-refractivity contribution is 5.90. The summed E-state index contributed by atoms with van der Waals surface area (Å²) < 4.78 is 25.8. The summed E-state index contributed by atoms with van der Waals surface area (Å²) in [7, 11) is 0. The fraction of sp³-hybridized carbons (Fsp3) is 0.320. The number of anilines is 2. The fourth-order valence-electron chi connectivity index (χ4n) is 4.54. The van der Waals surface area contributed by atoms with Crippen LogP contribution in [0.25, 0.3) is 0 Å². The van der Waals surface area contributed by atoms with E-state index in [-0.39, 0.29) is 24.4 Å². The van der Waals surface area contributed by atoms with E-state index in [2.05, 4.69) is 15.3 Å². The van der Waals surface area contributed by atoms with Crippen LogP contribution >= 0.6 is 0 Å². The summed E-state index contributed by atoms with van der Waals surface area (Å²) in [6.07, 6.45) is 4.06. The molecule has 1 aliphatic heterocycles. The van der Waals surface area contributed by atoms with Gasteiger partial charge in [0.1, 0.15) is 18.1 Å². The third-order valence-electron chi connectivity index (χ3n) is 6.30. The quantitative estimate of drug-likeness (QED) is 0.510. The van der Waals surface area contributed by atoms with Crippen molar-refractivity contribution >= 4 is 17.9 Å². The number of ether oxygens (including phenoxy) is 2. The first-order chi connectivity index (χ1) is 16.0. The monoisotopic (exact) mass is 448 g/mol. The lowest BCUT2D eigenvalue weighted by molar-refractivity contribution is 0.173. The van der Waals surface area contributed by atoms with Crippen LogP contribution in [0, 0.1) is 5.82 Å². The van der Waals surface area contributed by atoms with Crippen LogP contribution in [-0.2, 0) is 4.74 Å². The van der Waals surface area contributed by atoms with Crippen LogP contribution in [0.2, 0.25) is 0 Å². The Morgan fingerprint density at radius 1 is 1.09 bits per heavy atom. The van der Waals surface area contributed by atoms with Crippen LogP contribution < -0.4 is 15.0 Å². The Labute approximate surface area is 191 Å². The van der Waals surface area contributed by atoms with E-state index in [0.717, 1.165) is 48.9 Å². The number of halogens is 1. The van der Waals surface area contributed by atoms with Gasteiger partial charge >= 0.3 is 6.09 Å². The normalized spacial score (nSPS) is 17.8. The van der Waals surface area contributed by atoms with Gasteiger partial charge in [-0.3, -0.25) is 0 Å². The second kappa shape index (κ2) is 8.69. The number of para-hydroxylation sites is 1. The molecule has 1 N–H and O–H groups in total. The molecule has 1 saturated heterocycles. The summed E-state index contributed by atoms with van der Waals surface area (Å²) in [5.74, 6) is 1.07. The SMILES string of the molecule is CC(Nc1ncc(F)c(N2C(=O)OCC23CCCC3)n1)c1ccc(Oc2ccccc2)cc1. The maximum atomic E-state index is 14.7. The zero-order valence-electron chi connectivity index (χ0n) is 18.3. The highest BCUT2D eigenvalue weighted by Crippen LogP contribution is 2.42. The highest BCUT2D eigenvalue weighted by atomic mass is 19.1. The Morgan fingerprint density at radius 3 is 2.52 bits per heavy atom. The van der Waals surface area contributed by atoms with Crippen molar-refractivity contribution in [1.82, 2.24) is 9.97 Å². The van der Waals surface area contributed by atoms with E-state index in [1.54, 1.807) is 0 Å².